The van der Waals surface area contributed by atoms with Crippen LogP contribution in [-0.4, -0.2) is 11.5 Å². The lowest BCUT2D eigenvalue weighted by atomic mass is 10.2. The Hall–Kier alpha value is -1.98. The highest BCUT2D eigenvalue weighted by atomic mass is 19.3. The molecule has 0 aliphatic rings. The van der Waals surface area contributed by atoms with Crippen LogP contribution in [0.5, 0.6) is 5.75 Å². The molecule has 0 aliphatic heterocycles. The van der Waals surface area contributed by atoms with Crippen LogP contribution in [-0.2, 0) is 0 Å². The van der Waals surface area contributed by atoms with Crippen LogP contribution in [0.1, 0.15) is 5.56 Å². The van der Waals surface area contributed by atoms with Gasteiger partial charge in [-0.1, -0.05) is 12.7 Å². The van der Waals surface area contributed by atoms with E-state index in [4.69, 9.17) is 0 Å². The third-order valence-corrected chi connectivity index (χ3v) is 1.64. The second-order valence-corrected chi connectivity index (χ2v) is 2.56. The van der Waals surface area contributed by atoms with Gasteiger partial charge in [-0.15, -0.1) is 0 Å². The standard InChI is InChI=1S/C9H7F2NO3/c1-2-6-5-7(12(13)14)3-4-8(6)15-9(10)11/h2-5,9H,1H2. The van der Waals surface area contributed by atoms with Gasteiger partial charge in [0.25, 0.3) is 5.69 Å². The Morgan fingerprint density at radius 3 is 2.67 bits per heavy atom. The normalized spacial score (nSPS) is 10.1. The Labute approximate surface area is 83.9 Å². The predicted octanol–water partition coefficient (Wildman–Crippen LogP) is 2.84. The number of alkyl halides is 2. The minimum absolute atomic E-state index is 0.134. The summed E-state index contributed by atoms with van der Waals surface area (Å²) in [6.07, 6.45) is 1.21. The van der Waals surface area contributed by atoms with Crippen LogP contribution in [0.3, 0.4) is 0 Å². The van der Waals surface area contributed by atoms with Gasteiger partial charge in [0.2, 0.25) is 0 Å². The fourth-order valence-electron chi connectivity index (χ4n) is 1.01. The van der Waals surface area contributed by atoms with Crippen LogP contribution >= 0.6 is 0 Å². The molecule has 0 spiro atoms. The van der Waals surface area contributed by atoms with Gasteiger partial charge in [-0.05, 0) is 6.07 Å². The first-order valence-electron chi connectivity index (χ1n) is 3.90. The first-order valence-corrected chi connectivity index (χ1v) is 3.90. The molecule has 0 unspecified atom stereocenters. The SMILES string of the molecule is C=Cc1cc([N+](=O)[O-])ccc1OC(F)F. The second kappa shape index (κ2) is 4.50. The summed E-state index contributed by atoms with van der Waals surface area (Å²) in [4.78, 5) is 9.76. The molecule has 0 saturated carbocycles. The molecule has 6 heteroatoms. The van der Waals surface area contributed by atoms with Crippen molar-refractivity contribution in [3.05, 3.63) is 40.5 Å². The number of halogens is 2. The van der Waals surface area contributed by atoms with Crippen molar-refractivity contribution in [2.45, 2.75) is 6.61 Å². The molecule has 4 nitrogen and oxygen atoms in total. The van der Waals surface area contributed by atoms with Gasteiger partial charge < -0.3 is 4.74 Å². The lowest BCUT2D eigenvalue weighted by Gasteiger charge is -2.07. The van der Waals surface area contributed by atoms with Gasteiger partial charge in [0.05, 0.1) is 4.92 Å². The third-order valence-electron chi connectivity index (χ3n) is 1.64. The molecular formula is C9H7F2NO3. The van der Waals surface area contributed by atoms with E-state index in [0.29, 0.717) is 0 Å². The Kier molecular flexibility index (Phi) is 3.33. The van der Waals surface area contributed by atoms with E-state index in [9.17, 15) is 18.9 Å². The minimum Gasteiger partial charge on any atom is -0.434 e. The molecule has 15 heavy (non-hydrogen) atoms. The Morgan fingerprint density at radius 1 is 1.53 bits per heavy atom. The fourth-order valence-corrected chi connectivity index (χ4v) is 1.01. The van der Waals surface area contributed by atoms with Gasteiger partial charge in [0.15, 0.2) is 0 Å². The Balaban J connectivity index is 3.09. The van der Waals surface area contributed by atoms with E-state index in [-0.39, 0.29) is 17.0 Å². The van der Waals surface area contributed by atoms with Crippen molar-refractivity contribution >= 4 is 11.8 Å². The molecule has 0 amide bonds. The second-order valence-electron chi connectivity index (χ2n) is 2.56. The number of nitro groups is 1. The van der Waals surface area contributed by atoms with Crippen LogP contribution < -0.4 is 4.74 Å². The Morgan fingerprint density at radius 2 is 2.20 bits per heavy atom. The zero-order valence-electron chi connectivity index (χ0n) is 7.52. The summed E-state index contributed by atoms with van der Waals surface area (Å²) in [7, 11) is 0. The predicted molar refractivity (Wildman–Crippen MR) is 49.8 cm³/mol. The highest BCUT2D eigenvalue weighted by Crippen LogP contribution is 2.26. The zero-order valence-corrected chi connectivity index (χ0v) is 7.52. The van der Waals surface area contributed by atoms with Crippen molar-refractivity contribution in [1.29, 1.82) is 0 Å². The van der Waals surface area contributed by atoms with Crippen molar-refractivity contribution in [1.82, 2.24) is 0 Å². The number of hydrogen-bond donors (Lipinski definition) is 0. The van der Waals surface area contributed by atoms with Gasteiger partial charge in [0, 0.05) is 17.7 Å². The number of benzene rings is 1. The summed E-state index contributed by atoms with van der Waals surface area (Å²) in [6.45, 7) is 0.384. The van der Waals surface area contributed by atoms with Crippen molar-refractivity contribution < 1.29 is 18.4 Å². The average molecular weight is 215 g/mol. The lowest BCUT2D eigenvalue weighted by molar-refractivity contribution is -0.384. The molecule has 80 valence electrons. The molecule has 0 aromatic heterocycles. The molecule has 0 atom stereocenters. The quantitative estimate of drug-likeness (QED) is 0.573. The maximum absolute atomic E-state index is 11.9. The van der Waals surface area contributed by atoms with E-state index in [1.54, 1.807) is 0 Å². The highest BCUT2D eigenvalue weighted by molar-refractivity contribution is 5.59. The van der Waals surface area contributed by atoms with Crippen LogP contribution in [0.4, 0.5) is 14.5 Å². The summed E-state index contributed by atoms with van der Waals surface area (Å²) in [5, 5.41) is 10.4. The average Bonchev–Trinajstić information content (AvgIpc) is 2.17. The molecule has 1 rings (SSSR count). The number of rotatable bonds is 4. The largest absolute Gasteiger partial charge is 0.434 e. The van der Waals surface area contributed by atoms with Gasteiger partial charge >= 0.3 is 6.61 Å². The van der Waals surface area contributed by atoms with Crippen LogP contribution in [0, 0.1) is 10.1 Å². The van der Waals surface area contributed by atoms with Crippen molar-refractivity contribution in [2.75, 3.05) is 0 Å². The van der Waals surface area contributed by atoms with Gasteiger partial charge in [-0.2, -0.15) is 8.78 Å². The maximum atomic E-state index is 11.9. The van der Waals surface area contributed by atoms with Crippen LogP contribution in [0.15, 0.2) is 24.8 Å². The molecule has 0 heterocycles. The number of nitro benzene ring substituents is 1. The topological polar surface area (TPSA) is 52.4 Å². The monoisotopic (exact) mass is 215 g/mol. The van der Waals surface area contributed by atoms with E-state index in [1.807, 2.05) is 0 Å². The first-order chi connectivity index (χ1) is 7.04. The van der Waals surface area contributed by atoms with Crippen molar-refractivity contribution in [3.63, 3.8) is 0 Å². The van der Waals surface area contributed by atoms with E-state index in [0.717, 1.165) is 18.2 Å². The highest BCUT2D eigenvalue weighted by Gasteiger charge is 2.12. The molecule has 0 N–H and O–H groups in total. The van der Waals surface area contributed by atoms with E-state index in [1.165, 1.54) is 6.08 Å². The molecule has 0 fully saturated rings. The van der Waals surface area contributed by atoms with Crippen LogP contribution in [0.25, 0.3) is 6.08 Å². The molecule has 1 aromatic rings. The molecule has 0 radical (unpaired) electrons. The van der Waals surface area contributed by atoms with E-state index in [2.05, 4.69) is 11.3 Å². The molecule has 0 bridgehead atoms. The molecule has 0 saturated heterocycles. The van der Waals surface area contributed by atoms with E-state index < -0.39 is 11.5 Å². The number of hydrogen-bond acceptors (Lipinski definition) is 3. The van der Waals surface area contributed by atoms with Crippen molar-refractivity contribution in [3.8, 4) is 5.75 Å². The van der Waals surface area contributed by atoms with Crippen molar-refractivity contribution in [2.24, 2.45) is 0 Å². The van der Waals surface area contributed by atoms with Gasteiger partial charge in [-0.3, -0.25) is 10.1 Å². The summed E-state index contributed by atoms with van der Waals surface area (Å²) < 4.78 is 28.0. The third kappa shape index (κ3) is 2.73. The number of nitrogens with zero attached hydrogens (tertiary/aromatic N) is 1. The maximum Gasteiger partial charge on any atom is 0.387 e. The first kappa shape index (κ1) is 11.1. The summed E-state index contributed by atoms with van der Waals surface area (Å²) in [5.41, 5.74) is -0.0454. The number of ether oxygens (including phenoxy) is 1. The minimum atomic E-state index is -2.97. The fraction of sp³-hybridized carbons (Fsp3) is 0.111. The van der Waals surface area contributed by atoms with Gasteiger partial charge in [0.1, 0.15) is 5.75 Å². The molecule has 0 aliphatic carbocycles. The molecule has 1 aromatic carbocycles. The summed E-state index contributed by atoms with van der Waals surface area (Å²) in [5.74, 6) is -0.134. The Bertz CT molecular complexity index is 393. The lowest BCUT2D eigenvalue weighted by Crippen LogP contribution is -2.03. The summed E-state index contributed by atoms with van der Waals surface area (Å²) in [6, 6.07) is 3.32. The van der Waals surface area contributed by atoms with Gasteiger partial charge in [-0.25, -0.2) is 0 Å². The molecular weight excluding hydrogens is 208 g/mol. The van der Waals surface area contributed by atoms with E-state index >= 15 is 0 Å². The number of non-ortho nitro benzene ring substituents is 1. The smallest absolute Gasteiger partial charge is 0.387 e. The van der Waals surface area contributed by atoms with Crippen LogP contribution in [0.2, 0.25) is 0 Å². The zero-order chi connectivity index (χ0) is 11.4. The summed E-state index contributed by atoms with van der Waals surface area (Å²) >= 11 is 0.